The van der Waals surface area contributed by atoms with E-state index in [1.807, 2.05) is 6.92 Å². The average molecular weight is 459 g/mol. The summed E-state index contributed by atoms with van der Waals surface area (Å²) in [5, 5.41) is 10.7. The van der Waals surface area contributed by atoms with Crippen molar-refractivity contribution in [3.05, 3.63) is 47.8 Å². The topological polar surface area (TPSA) is 89.3 Å². The Hall–Kier alpha value is -0.910. The molecule has 0 aliphatic heterocycles. The summed E-state index contributed by atoms with van der Waals surface area (Å²) in [5.74, 6) is 0. The van der Waals surface area contributed by atoms with Crippen LogP contribution >= 0.6 is 45.5 Å². The van der Waals surface area contributed by atoms with Gasteiger partial charge in [-0.15, -0.1) is 11.3 Å². The van der Waals surface area contributed by atoms with E-state index in [1.54, 1.807) is 18.2 Å². The van der Waals surface area contributed by atoms with E-state index in [2.05, 4.69) is 27.3 Å². The zero-order valence-electron chi connectivity index (χ0n) is 10.5. The Labute approximate surface area is 143 Å². The van der Waals surface area contributed by atoms with Gasteiger partial charge in [-0.05, 0) is 47.2 Å². The van der Waals surface area contributed by atoms with Crippen molar-refractivity contribution in [1.82, 2.24) is 0 Å². The van der Waals surface area contributed by atoms with Crippen molar-refractivity contribution in [1.29, 1.82) is 0 Å². The highest BCUT2D eigenvalue weighted by Gasteiger charge is 2.25. The number of sulfonamides is 1. The molecular formula is C11H8ClIN2O4S2. The lowest BCUT2D eigenvalue weighted by molar-refractivity contribution is -0.384. The van der Waals surface area contributed by atoms with E-state index in [0.29, 0.717) is 17.0 Å². The van der Waals surface area contributed by atoms with Crippen molar-refractivity contribution in [2.75, 3.05) is 4.72 Å². The molecule has 0 atom stereocenters. The highest BCUT2D eigenvalue weighted by molar-refractivity contribution is 14.1. The van der Waals surface area contributed by atoms with E-state index in [4.69, 9.17) is 11.6 Å². The van der Waals surface area contributed by atoms with Crippen LogP contribution in [0.15, 0.2) is 28.5 Å². The first-order valence-electron chi connectivity index (χ1n) is 5.43. The van der Waals surface area contributed by atoms with Gasteiger partial charge in [-0.3, -0.25) is 14.8 Å². The third-order valence-corrected chi connectivity index (χ3v) is 6.89. The van der Waals surface area contributed by atoms with Crippen LogP contribution in [0.4, 0.5) is 11.4 Å². The minimum atomic E-state index is -3.90. The maximum atomic E-state index is 12.2. The molecule has 1 heterocycles. The van der Waals surface area contributed by atoms with E-state index in [9.17, 15) is 18.5 Å². The predicted molar refractivity (Wildman–Crippen MR) is 90.7 cm³/mol. The number of hydrogen-bond donors (Lipinski definition) is 1. The standard InChI is InChI=1S/C11H8ClIN2O4S2/c1-6-2-3-7(4-8(6)13)14-21(18,19)10-5-9(15(16)17)11(12)20-10/h2-5,14H,1H3. The molecule has 0 aliphatic carbocycles. The lowest BCUT2D eigenvalue weighted by Gasteiger charge is -2.07. The molecule has 1 N–H and O–H groups in total. The molecule has 10 heteroatoms. The number of benzene rings is 1. The number of aryl methyl sites for hydroxylation is 1. The highest BCUT2D eigenvalue weighted by atomic mass is 127. The molecule has 2 aromatic rings. The van der Waals surface area contributed by atoms with Crippen LogP contribution in [-0.2, 0) is 10.0 Å². The third-order valence-electron chi connectivity index (χ3n) is 2.53. The van der Waals surface area contributed by atoms with Gasteiger partial charge in [-0.25, -0.2) is 8.42 Å². The Bertz CT molecular complexity index is 820. The van der Waals surface area contributed by atoms with E-state index >= 15 is 0 Å². The van der Waals surface area contributed by atoms with Gasteiger partial charge in [0.05, 0.1) is 4.92 Å². The quantitative estimate of drug-likeness (QED) is 0.426. The van der Waals surface area contributed by atoms with Crippen molar-refractivity contribution < 1.29 is 13.3 Å². The number of nitrogens with zero attached hydrogens (tertiary/aromatic N) is 1. The average Bonchev–Trinajstić information content (AvgIpc) is 2.77. The number of thiophene rings is 1. The van der Waals surface area contributed by atoms with Crippen LogP contribution < -0.4 is 4.72 Å². The van der Waals surface area contributed by atoms with Gasteiger partial charge in [0, 0.05) is 15.3 Å². The smallest absolute Gasteiger partial charge is 0.279 e. The van der Waals surface area contributed by atoms with Crippen LogP contribution in [0.25, 0.3) is 0 Å². The number of rotatable bonds is 4. The zero-order chi connectivity index (χ0) is 15.8. The van der Waals surface area contributed by atoms with Gasteiger partial charge in [0.2, 0.25) is 0 Å². The molecular weight excluding hydrogens is 451 g/mol. The van der Waals surface area contributed by atoms with E-state index in [0.717, 1.165) is 15.2 Å². The van der Waals surface area contributed by atoms with Crippen molar-refractivity contribution in [2.24, 2.45) is 0 Å². The minimum absolute atomic E-state index is 0.168. The van der Waals surface area contributed by atoms with E-state index in [-0.39, 0.29) is 8.55 Å². The third kappa shape index (κ3) is 3.65. The van der Waals surface area contributed by atoms with Crippen LogP contribution in [0.3, 0.4) is 0 Å². The zero-order valence-corrected chi connectivity index (χ0v) is 15.0. The summed E-state index contributed by atoms with van der Waals surface area (Å²) in [6.45, 7) is 1.91. The normalized spacial score (nSPS) is 11.4. The molecule has 112 valence electrons. The number of hydrogen-bond acceptors (Lipinski definition) is 5. The molecule has 6 nitrogen and oxygen atoms in total. The summed E-state index contributed by atoms with van der Waals surface area (Å²) in [5.41, 5.74) is 0.992. The Kier molecular flexibility index (Phi) is 4.76. The number of halogens is 2. The summed E-state index contributed by atoms with van der Waals surface area (Å²) in [4.78, 5) is 10.00. The van der Waals surface area contributed by atoms with Crippen molar-refractivity contribution in [2.45, 2.75) is 11.1 Å². The monoisotopic (exact) mass is 458 g/mol. The number of nitro groups is 1. The van der Waals surface area contributed by atoms with Gasteiger partial charge >= 0.3 is 0 Å². The van der Waals surface area contributed by atoms with E-state index in [1.165, 1.54) is 0 Å². The lowest BCUT2D eigenvalue weighted by Crippen LogP contribution is -2.11. The summed E-state index contributed by atoms with van der Waals surface area (Å²) in [6.07, 6.45) is 0. The van der Waals surface area contributed by atoms with E-state index < -0.39 is 20.6 Å². The molecule has 0 amide bonds. The predicted octanol–water partition coefficient (Wildman–Crippen LogP) is 4.02. The van der Waals surface area contributed by atoms with Crippen molar-refractivity contribution in [3.63, 3.8) is 0 Å². The molecule has 21 heavy (non-hydrogen) atoms. The Morgan fingerprint density at radius 2 is 2.05 bits per heavy atom. The molecule has 0 radical (unpaired) electrons. The molecule has 0 spiro atoms. The van der Waals surface area contributed by atoms with Crippen molar-refractivity contribution >= 4 is 66.9 Å². The molecule has 0 unspecified atom stereocenters. The van der Waals surface area contributed by atoms with Crippen LogP contribution in [0.2, 0.25) is 4.34 Å². The van der Waals surface area contributed by atoms with Crippen molar-refractivity contribution in [3.8, 4) is 0 Å². The summed E-state index contributed by atoms with van der Waals surface area (Å²) in [6, 6.07) is 6.04. The molecule has 0 aliphatic rings. The number of nitrogens with one attached hydrogen (secondary N) is 1. The molecule has 1 aromatic carbocycles. The molecule has 0 fully saturated rings. The Balaban J connectivity index is 2.36. The minimum Gasteiger partial charge on any atom is -0.279 e. The first kappa shape index (κ1) is 16.5. The summed E-state index contributed by atoms with van der Waals surface area (Å²) < 4.78 is 27.3. The fourth-order valence-corrected chi connectivity index (χ4v) is 4.69. The second-order valence-electron chi connectivity index (χ2n) is 4.05. The van der Waals surface area contributed by atoms with Crippen LogP contribution in [-0.4, -0.2) is 13.3 Å². The van der Waals surface area contributed by atoms with Gasteiger partial charge in [0.15, 0.2) is 4.34 Å². The fraction of sp³-hybridized carbons (Fsp3) is 0.0909. The highest BCUT2D eigenvalue weighted by Crippen LogP contribution is 2.36. The SMILES string of the molecule is Cc1ccc(NS(=O)(=O)c2cc([N+](=O)[O-])c(Cl)s2)cc1I. The second kappa shape index (κ2) is 6.07. The Morgan fingerprint density at radius 1 is 1.38 bits per heavy atom. The lowest BCUT2D eigenvalue weighted by atomic mass is 10.2. The summed E-state index contributed by atoms with van der Waals surface area (Å²) in [7, 11) is -3.90. The maximum Gasteiger partial charge on any atom is 0.300 e. The molecule has 0 saturated carbocycles. The first-order chi connectivity index (χ1) is 9.70. The van der Waals surface area contributed by atoms with Crippen LogP contribution in [0.1, 0.15) is 5.56 Å². The molecule has 2 rings (SSSR count). The van der Waals surface area contributed by atoms with Gasteiger partial charge in [-0.1, -0.05) is 17.7 Å². The maximum absolute atomic E-state index is 12.2. The van der Waals surface area contributed by atoms with Crippen LogP contribution in [0, 0.1) is 20.6 Å². The van der Waals surface area contributed by atoms with Gasteiger partial charge in [-0.2, -0.15) is 0 Å². The number of anilines is 1. The van der Waals surface area contributed by atoms with Crippen LogP contribution in [0.5, 0.6) is 0 Å². The summed E-state index contributed by atoms with van der Waals surface area (Å²) >= 11 is 8.42. The second-order valence-corrected chi connectivity index (χ2v) is 8.78. The molecule has 1 aromatic heterocycles. The van der Waals surface area contributed by atoms with Gasteiger partial charge in [0.25, 0.3) is 15.7 Å². The molecule has 0 saturated heterocycles. The largest absolute Gasteiger partial charge is 0.300 e. The first-order valence-corrected chi connectivity index (χ1v) is 9.19. The molecule has 0 bridgehead atoms. The van der Waals surface area contributed by atoms with Gasteiger partial charge < -0.3 is 0 Å². The van der Waals surface area contributed by atoms with Gasteiger partial charge in [0.1, 0.15) is 4.21 Å². The fourth-order valence-electron chi connectivity index (χ4n) is 1.46. The Morgan fingerprint density at radius 3 is 2.57 bits per heavy atom.